The molecule has 2 atom stereocenters. The summed E-state index contributed by atoms with van der Waals surface area (Å²) >= 11 is 0. The Hall–Kier alpha value is -0.570. The lowest BCUT2D eigenvalue weighted by atomic mass is 9.92. The Kier molecular flexibility index (Phi) is 3.77. The van der Waals surface area contributed by atoms with Crippen molar-refractivity contribution in [2.45, 2.75) is 46.6 Å². The Balaban J connectivity index is 2.49. The van der Waals surface area contributed by atoms with E-state index in [-0.39, 0.29) is 11.5 Å². The Morgan fingerprint density at radius 1 is 1.47 bits per heavy atom. The maximum Gasteiger partial charge on any atom is 0.320 e. The van der Waals surface area contributed by atoms with Gasteiger partial charge in [-0.1, -0.05) is 27.7 Å². The number of hydrogen-bond acceptors (Lipinski definition) is 2. The van der Waals surface area contributed by atoms with E-state index in [2.05, 4.69) is 32.6 Å². The Morgan fingerprint density at radius 2 is 2.07 bits per heavy atom. The van der Waals surface area contributed by atoms with Crippen LogP contribution in [0.1, 0.15) is 40.5 Å². The van der Waals surface area contributed by atoms with Crippen LogP contribution in [-0.2, 0) is 4.79 Å². The molecule has 3 nitrogen and oxygen atoms in total. The van der Waals surface area contributed by atoms with Crippen LogP contribution in [0.15, 0.2) is 0 Å². The molecule has 3 heteroatoms. The van der Waals surface area contributed by atoms with E-state index in [1.54, 1.807) is 0 Å². The summed E-state index contributed by atoms with van der Waals surface area (Å²) in [5.41, 5.74) is 0.287. The van der Waals surface area contributed by atoms with E-state index >= 15 is 0 Å². The molecule has 1 saturated heterocycles. The van der Waals surface area contributed by atoms with E-state index in [9.17, 15) is 4.79 Å². The van der Waals surface area contributed by atoms with Gasteiger partial charge in [-0.3, -0.25) is 9.69 Å². The first-order chi connectivity index (χ1) is 6.79. The molecule has 0 bridgehead atoms. The van der Waals surface area contributed by atoms with Gasteiger partial charge in [-0.15, -0.1) is 0 Å². The summed E-state index contributed by atoms with van der Waals surface area (Å²) in [5.74, 6) is -0.140. The Bertz CT molecular complexity index is 232. The third-order valence-electron chi connectivity index (χ3n) is 3.05. The van der Waals surface area contributed by atoms with E-state index < -0.39 is 5.97 Å². The number of rotatable bonds is 3. The van der Waals surface area contributed by atoms with Crippen molar-refractivity contribution in [2.24, 2.45) is 11.3 Å². The van der Waals surface area contributed by atoms with Gasteiger partial charge < -0.3 is 5.11 Å². The average molecular weight is 213 g/mol. The van der Waals surface area contributed by atoms with Crippen LogP contribution < -0.4 is 0 Å². The standard InChI is InChI=1S/C12H23NO2/c1-9-7-10(11(14)15)13(8-9)6-5-12(2,3)4/h9-10H,5-8H2,1-4H3,(H,14,15)/t9-,10-/m1/s1. The van der Waals surface area contributed by atoms with Crippen molar-refractivity contribution in [3.8, 4) is 0 Å². The first kappa shape index (κ1) is 12.5. The van der Waals surface area contributed by atoms with Crippen molar-refractivity contribution >= 4 is 5.97 Å². The van der Waals surface area contributed by atoms with Crippen molar-refractivity contribution in [1.82, 2.24) is 4.90 Å². The molecular formula is C12H23NO2. The molecule has 0 unspecified atom stereocenters. The second-order valence-electron chi connectivity index (χ2n) is 6.00. The molecule has 1 N–H and O–H groups in total. The first-order valence-electron chi connectivity index (χ1n) is 5.76. The molecule has 0 aromatic heterocycles. The highest BCUT2D eigenvalue weighted by atomic mass is 16.4. The normalized spacial score (nSPS) is 28.3. The average Bonchev–Trinajstić information content (AvgIpc) is 2.42. The quantitative estimate of drug-likeness (QED) is 0.781. The van der Waals surface area contributed by atoms with Gasteiger partial charge in [-0.2, -0.15) is 0 Å². The highest BCUT2D eigenvalue weighted by Crippen LogP contribution is 2.26. The molecule has 0 radical (unpaired) electrons. The second-order valence-corrected chi connectivity index (χ2v) is 6.00. The summed E-state index contributed by atoms with van der Waals surface area (Å²) < 4.78 is 0. The molecule has 0 aromatic rings. The smallest absolute Gasteiger partial charge is 0.320 e. The molecule has 0 aromatic carbocycles. The zero-order valence-electron chi connectivity index (χ0n) is 10.3. The molecule has 1 rings (SSSR count). The van der Waals surface area contributed by atoms with Crippen LogP contribution in [0.5, 0.6) is 0 Å². The van der Waals surface area contributed by atoms with Crippen LogP contribution in [0, 0.1) is 11.3 Å². The van der Waals surface area contributed by atoms with Crippen LogP contribution in [0.2, 0.25) is 0 Å². The Labute approximate surface area is 92.5 Å². The highest BCUT2D eigenvalue weighted by molar-refractivity contribution is 5.73. The predicted molar refractivity (Wildman–Crippen MR) is 60.8 cm³/mol. The molecular weight excluding hydrogens is 190 g/mol. The van der Waals surface area contributed by atoms with Crippen LogP contribution >= 0.6 is 0 Å². The fraction of sp³-hybridized carbons (Fsp3) is 0.917. The van der Waals surface area contributed by atoms with Gasteiger partial charge in [-0.25, -0.2) is 0 Å². The number of hydrogen-bond donors (Lipinski definition) is 1. The third-order valence-corrected chi connectivity index (χ3v) is 3.05. The lowest BCUT2D eigenvalue weighted by molar-refractivity contribution is -0.142. The molecule has 1 fully saturated rings. The van der Waals surface area contributed by atoms with Gasteiger partial charge in [0.2, 0.25) is 0 Å². The number of likely N-dealkylation sites (tertiary alicyclic amines) is 1. The van der Waals surface area contributed by atoms with E-state index in [0.29, 0.717) is 5.92 Å². The minimum atomic E-state index is -0.659. The van der Waals surface area contributed by atoms with Gasteiger partial charge in [0.15, 0.2) is 0 Å². The van der Waals surface area contributed by atoms with E-state index in [1.165, 1.54) is 0 Å². The first-order valence-corrected chi connectivity index (χ1v) is 5.76. The van der Waals surface area contributed by atoms with E-state index in [1.807, 2.05) is 0 Å². The molecule has 0 aliphatic carbocycles. The lowest BCUT2D eigenvalue weighted by Gasteiger charge is -2.26. The van der Waals surface area contributed by atoms with Crippen LogP contribution in [0.4, 0.5) is 0 Å². The molecule has 0 amide bonds. The summed E-state index contributed by atoms with van der Waals surface area (Å²) in [6, 6.07) is -0.248. The van der Waals surface area contributed by atoms with Crippen LogP contribution in [0.3, 0.4) is 0 Å². The van der Waals surface area contributed by atoms with Crippen molar-refractivity contribution in [1.29, 1.82) is 0 Å². The van der Waals surface area contributed by atoms with E-state index in [4.69, 9.17) is 5.11 Å². The second kappa shape index (κ2) is 4.52. The predicted octanol–water partition coefficient (Wildman–Crippen LogP) is 2.22. The molecule has 1 heterocycles. The zero-order chi connectivity index (χ0) is 11.6. The highest BCUT2D eigenvalue weighted by Gasteiger charge is 2.34. The molecule has 0 saturated carbocycles. The SMILES string of the molecule is C[C@@H]1C[C@H](C(=O)O)N(CCC(C)(C)C)C1. The molecule has 0 spiro atoms. The van der Waals surface area contributed by atoms with Gasteiger partial charge >= 0.3 is 5.97 Å². The fourth-order valence-corrected chi connectivity index (χ4v) is 2.12. The van der Waals surface area contributed by atoms with Crippen molar-refractivity contribution in [2.75, 3.05) is 13.1 Å². The zero-order valence-corrected chi connectivity index (χ0v) is 10.3. The number of carboxylic acids is 1. The monoisotopic (exact) mass is 213 g/mol. The maximum atomic E-state index is 11.0. The molecule has 1 aliphatic heterocycles. The van der Waals surface area contributed by atoms with Gasteiger partial charge in [-0.05, 0) is 30.7 Å². The summed E-state index contributed by atoms with van der Waals surface area (Å²) in [6.45, 7) is 10.6. The lowest BCUT2D eigenvalue weighted by Crippen LogP contribution is -2.37. The fourth-order valence-electron chi connectivity index (χ4n) is 2.12. The summed E-state index contributed by atoms with van der Waals surface area (Å²) in [7, 11) is 0. The maximum absolute atomic E-state index is 11.0. The van der Waals surface area contributed by atoms with Gasteiger partial charge in [0, 0.05) is 6.54 Å². The Morgan fingerprint density at radius 3 is 2.53 bits per heavy atom. The van der Waals surface area contributed by atoms with Gasteiger partial charge in [0.1, 0.15) is 6.04 Å². The summed E-state index contributed by atoms with van der Waals surface area (Å²) in [5, 5.41) is 9.09. The van der Waals surface area contributed by atoms with Crippen molar-refractivity contribution in [3.05, 3.63) is 0 Å². The van der Waals surface area contributed by atoms with Crippen LogP contribution in [-0.4, -0.2) is 35.1 Å². The van der Waals surface area contributed by atoms with Gasteiger partial charge in [0.25, 0.3) is 0 Å². The number of nitrogens with zero attached hydrogens (tertiary/aromatic N) is 1. The van der Waals surface area contributed by atoms with Gasteiger partial charge in [0.05, 0.1) is 0 Å². The number of carboxylic acid groups (broad SMARTS) is 1. The van der Waals surface area contributed by atoms with Crippen molar-refractivity contribution in [3.63, 3.8) is 0 Å². The van der Waals surface area contributed by atoms with E-state index in [0.717, 1.165) is 25.9 Å². The summed E-state index contributed by atoms with van der Waals surface area (Å²) in [6.07, 6.45) is 1.86. The molecule has 15 heavy (non-hydrogen) atoms. The molecule has 88 valence electrons. The largest absolute Gasteiger partial charge is 0.480 e. The third kappa shape index (κ3) is 3.82. The molecule has 1 aliphatic rings. The minimum absolute atomic E-state index is 0.248. The van der Waals surface area contributed by atoms with Crippen molar-refractivity contribution < 1.29 is 9.90 Å². The van der Waals surface area contributed by atoms with Crippen LogP contribution in [0.25, 0.3) is 0 Å². The minimum Gasteiger partial charge on any atom is -0.480 e. The summed E-state index contributed by atoms with van der Waals surface area (Å²) in [4.78, 5) is 13.2. The number of aliphatic carboxylic acids is 1. The number of carbonyl (C=O) groups is 1. The topological polar surface area (TPSA) is 40.5 Å².